The molecule has 0 aromatic heterocycles. The van der Waals surface area contributed by atoms with Gasteiger partial charge in [0, 0.05) is 25.7 Å². The standard InChI is InChI=1S/C15H22N2O2/c1-11-4-3-5-12(6-11)8-17-9-13(15(18)19-2)7-14(16)10-17/h3-6,13-14H,7-10,16H2,1-2H3. The number of methoxy groups -OCH3 is 1. The van der Waals surface area contributed by atoms with Crippen LogP contribution in [-0.4, -0.2) is 37.1 Å². The minimum absolute atomic E-state index is 0.0441. The van der Waals surface area contributed by atoms with E-state index in [1.807, 2.05) is 0 Å². The Kier molecular flexibility index (Phi) is 4.56. The zero-order valence-corrected chi connectivity index (χ0v) is 11.6. The fraction of sp³-hybridized carbons (Fsp3) is 0.533. The lowest BCUT2D eigenvalue weighted by molar-refractivity contribution is -0.147. The fourth-order valence-electron chi connectivity index (χ4n) is 2.77. The lowest BCUT2D eigenvalue weighted by Gasteiger charge is -2.35. The minimum Gasteiger partial charge on any atom is -0.469 e. The summed E-state index contributed by atoms with van der Waals surface area (Å²) in [5.74, 6) is -0.247. The summed E-state index contributed by atoms with van der Waals surface area (Å²) in [7, 11) is 1.44. The maximum Gasteiger partial charge on any atom is 0.310 e. The Hall–Kier alpha value is -1.39. The first-order valence-electron chi connectivity index (χ1n) is 6.70. The first-order valence-corrected chi connectivity index (χ1v) is 6.70. The summed E-state index contributed by atoms with van der Waals surface area (Å²) in [6, 6.07) is 8.48. The summed E-state index contributed by atoms with van der Waals surface area (Å²) in [5.41, 5.74) is 8.56. The van der Waals surface area contributed by atoms with Crippen molar-refractivity contribution in [3.63, 3.8) is 0 Å². The Labute approximate surface area is 114 Å². The molecule has 2 unspecified atom stereocenters. The summed E-state index contributed by atoms with van der Waals surface area (Å²) in [5, 5.41) is 0. The number of rotatable bonds is 3. The molecule has 1 aliphatic rings. The number of carbonyl (C=O) groups is 1. The molecule has 1 aromatic rings. The van der Waals surface area contributed by atoms with Crippen molar-refractivity contribution >= 4 is 5.97 Å². The molecule has 1 saturated heterocycles. The van der Waals surface area contributed by atoms with E-state index in [1.54, 1.807) is 0 Å². The Morgan fingerprint density at radius 1 is 1.47 bits per heavy atom. The van der Waals surface area contributed by atoms with Gasteiger partial charge in [0.1, 0.15) is 0 Å². The van der Waals surface area contributed by atoms with Crippen LogP contribution in [0.1, 0.15) is 17.5 Å². The summed E-state index contributed by atoms with van der Waals surface area (Å²) < 4.78 is 4.83. The number of piperidine rings is 1. The van der Waals surface area contributed by atoms with Crippen LogP contribution < -0.4 is 5.73 Å². The highest BCUT2D eigenvalue weighted by molar-refractivity contribution is 5.72. The summed E-state index contributed by atoms with van der Waals surface area (Å²) in [6.45, 7) is 4.49. The van der Waals surface area contributed by atoms with Gasteiger partial charge in [0.25, 0.3) is 0 Å². The van der Waals surface area contributed by atoms with Crippen LogP contribution in [-0.2, 0) is 16.1 Å². The largest absolute Gasteiger partial charge is 0.469 e. The van der Waals surface area contributed by atoms with E-state index in [1.165, 1.54) is 18.2 Å². The van der Waals surface area contributed by atoms with Crippen LogP contribution in [0.15, 0.2) is 24.3 Å². The zero-order chi connectivity index (χ0) is 13.8. The molecule has 4 heteroatoms. The van der Waals surface area contributed by atoms with Crippen LogP contribution in [0.3, 0.4) is 0 Å². The number of hydrogen-bond acceptors (Lipinski definition) is 4. The van der Waals surface area contributed by atoms with Crippen molar-refractivity contribution in [2.24, 2.45) is 11.7 Å². The van der Waals surface area contributed by atoms with E-state index in [2.05, 4.69) is 36.1 Å². The normalized spacial score (nSPS) is 24.2. The third-order valence-electron chi connectivity index (χ3n) is 3.58. The van der Waals surface area contributed by atoms with Crippen LogP contribution >= 0.6 is 0 Å². The molecule has 19 heavy (non-hydrogen) atoms. The van der Waals surface area contributed by atoms with Crippen LogP contribution in [0, 0.1) is 12.8 Å². The van der Waals surface area contributed by atoms with Gasteiger partial charge in [-0.15, -0.1) is 0 Å². The first kappa shape index (κ1) is 14.0. The van der Waals surface area contributed by atoms with E-state index >= 15 is 0 Å². The SMILES string of the molecule is COC(=O)C1CC(N)CN(Cc2cccc(C)c2)C1. The van der Waals surface area contributed by atoms with Crippen molar-refractivity contribution in [1.29, 1.82) is 0 Å². The van der Waals surface area contributed by atoms with Crippen LogP contribution in [0.5, 0.6) is 0 Å². The monoisotopic (exact) mass is 262 g/mol. The number of esters is 1. The third-order valence-corrected chi connectivity index (χ3v) is 3.58. The number of carbonyl (C=O) groups excluding carboxylic acids is 1. The lowest BCUT2D eigenvalue weighted by atomic mass is 9.94. The van der Waals surface area contributed by atoms with Crippen molar-refractivity contribution in [3.8, 4) is 0 Å². The van der Waals surface area contributed by atoms with Gasteiger partial charge in [-0.05, 0) is 18.9 Å². The Morgan fingerprint density at radius 2 is 2.26 bits per heavy atom. The molecule has 2 rings (SSSR count). The molecule has 2 N–H and O–H groups in total. The van der Waals surface area contributed by atoms with Crippen molar-refractivity contribution in [1.82, 2.24) is 4.90 Å². The number of ether oxygens (including phenoxy) is 1. The highest BCUT2D eigenvalue weighted by atomic mass is 16.5. The van der Waals surface area contributed by atoms with Crippen LogP contribution in [0.4, 0.5) is 0 Å². The number of aryl methyl sites for hydroxylation is 1. The first-order chi connectivity index (χ1) is 9.08. The second kappa shape index (κ2) is 6.17. The lowest BCUT2D eigenvalue weighted by Crippen LogP contribution is -2.48. The quantitative estimate of drug-likeness (QED) is 0.835. The predicted octanol–water partition coefficient (Wildman–Crippen LogP) is 1.32. The molecular weight excluding hydrogens is 240 g/mol. The smallest absolute Gasteiger partial charge is 0.310 e. The molecule has 1 fully saturated rings. The van der Waals surface area contributed by atoms with E-state index in [9.17, 15) is 4.79 Å². The zero-order valence-electron chi connectivity index (χ0n) is 11.6. The van der Waals surface area contributed by atoms with E-state index in [4.69, 9.17) is 10.5 Å². The van der Waals surface area contributed by atoms with E-state index in [0.29, 0.717) is 0 Å². The maximum atomic E-state index is 11.7. The molecule has 0 aliphatic carbocycles. The van der Waals surface area contributed by atoms with Gasteiger partial charge < -0.3 is 10.5 Å². The molecule has 2 atom stereocenters. The van der Waals surface area contributed by atoms with Gasteiger partial charge in [-0.1, -0.05) is 29.8 Å². The van der Waals surface area contributed by atoms with Crippen molar-refractivity contribution in [2.75, 3.05) is 20.2 Å². The number of benzene rings is 1. The molecular formula is C15H22N2O2. The van der Waals surface area contributed by atoms with Crippen LogP contribution in [0.2, 0.25) is 0 Å². The van der Waals surface area contributed by atoms with Gasteiger partial charge in [-0.3, -0.25) is 9.69 Å². The van der Waals surface area contributed by atoms with Crippen molar-refractivity contribution in [3.05, 3.63) is 35.4 Å². The van der Waals surface area contributed by atoms with Gasteiger partial charge >= 0.3 is 5.97 Å². The average Bonchev–Trinajstić information content (AvgIpc) is 2.37. The number of nitrogens with two attached hydrogens (primary N) is 1. The molecule has 0 radical (unpaired) electrons. The molecule has 0 saturated carbocycles. The van der Waals surface area contributed by atoms with Crippen molar-refractivity contribution < 1.29 is 9.53 Å². The molecule has 0 amide bonds. The van der Waals surface area contributed by atoms with E-state index in [-0.39, 0.29) is 17.9 Å². The van der Waals surface area contributed by atoms with Crippen LogP contribution in [0.25, 0.3) is 0 Å². The molecule has 104 valence electrons. The van der Waals surface area contributed by atoms with Gasteiger partial charge in [0.15, 0.2) is 0 Å². The average molecular weight is 262 g/mol. The fourth-order valence-corrected chi connectivity index (χ4v) is 2.77. The van der Waals surface area contributed by atoms with Gasteiger partial charge in [0.05, 0.1) is 13.0 Å². The van der Waals surface area contributed by atoms with E-state index < -0.39 is 0 Å². The predicted molar refractivity (Wildman–Crippen MR) is 74.6 cm³/mol. The molecule has 0 bridgehead atoms. The molecule has 1 aromatic carbocycles. The second-order valence-electron chi connectivity index (χ2n) is 5.40. The summed E-state index contributed by atoms with van der Waals surface area (Å²) in [6.07, 6.45) is 0.719. The molecule has 1 aliphatic heterocycles. The molecule has 0 spiro atoms. The van der Waals surface area contributed by atoms with E-state index in [0.717, 1.165) is 26.1 Å². The van der Waals surface area contributed by atoms with Gasteiger partial charge in [-0.25, -0.2) is 0 Å². The Morgan fingerprint density at radius 3 is 2.95 bits per heavy atom. The summed E-state index contributed by atoms with van der Waals surface area (Å²) >= 11 is 0. The van der Waals surface area contributed by atoms with Gasteiger partial charge in [0.2, 0.25) is 0 Å². The highest BCUT2D eigenvalue weighted by Gasteiger charge is 2.30. The van der Waals surface area contributed by atoms with Gasteiger partial charge in [-0.2, -0.15) is 0 Å². The highest BCUT2D eigenvalue weighted by Crippen LogP contribution is 2.19. The maximum absolute atomic E-state index is 11.7. The number of nitrogens with zero attached hydrogens (tertiary/aromatic N) is 1. The Balaban J connectivity index is 2.01. The third kappa shape index (κ3) is 3.78. The topological polar surface area (TPSA) is 55.6 Å². The number of hydrogen-bond donors (Lipinski definition) is 1. The Bertz CT molecular complexity index is 448. The number of likely N-dealkylation sites (tertiary alicyclic amines) is 1. The second-order valence-corrected chi connectivity index (χ2v) is 5.40. The summed E-state index contributed by atoms with van der Waals surface area (Å²) in [4.78, 5) is 13.9. The van der Waals surface area contributed by atoms with Crippen molar-refractivity contribution in [2.45, 2.75) is 25.9 Å². The molecule has 1 heterocycles. The minimum atomic E-state index is -0.149. The molecule has 4 nitrogen and oxygen atoms in total.